The average Bonchev–Trinajstić information content (AvgIpc) is 2.50. The van der Waals surface area contributed by atoms with Gasteiger partial charge in [0.2, 0.25) is 0 Å². The zero-order valence-electron chi connectivity index (χ0n) is 12.6. The first-order valence-electron chi connectivity index (χ1n) is 7.94. The van der Waals surface area contributed by atoms with Crippen molar-refractivity contribution >= 4 is 21.8 Å². The zero-order chi connectivity index (χ0) is 15.2. The predicted octanol–water partition coefficient (Wildman–Crippen LogP) is 4.73. The first-order chi connectivity index (χ1) is 10.1. The Morgan fingerprint density at radius 1 is 1.33 bits per heavy atom. The van der Waals surface area contributed by atoms with Gasteiger partial charge in [0.25, 0.3) is 5.91 Å². The van der Waals surface area contributed by atoms with Crippen molar-refractivity contribution in [3.05, 3.63) is 27.7 Å². The number of halogens is 1. The van der Waals surface area contributed by atoms with Gasteiger partial charge in [0, 0.05) is 11.0 Å². The molecule has 1 aliphatic rings. The summed E-state index contributed by atoms with van der Waals surface area (Å²) in [6.07, 6.45) is 7.87. The van der Waals surface area contributed by atoms with E-state index in [9.17, 15) is 9.90 Å². The van der Waals surface area contributed by atoms with E-state index in [-0.39, 0.29) is 11.7 Å². The Bertz CT molecular complexity index is 496. The van der Waals surface area contributed by atoms with E-state index in [0.29, 0.717) is 18.0 Å². The van der Waals surface area contributed by atoms with Crippen LogP contribution in [0.4, 0.5) is 0 Å². The Hall–Kier alpha value is -1.03. The summed E-state index contributed by atoms with van der Waals surface area (Å²) in [6.45, 7) is 2.74. The van der Waals surface area contributed by atoms with Crippen molar-refractivity contribution in [2.24, 2.45) is 0 Å². The number of unbranched alkanes of at least 4 members (excludes halogenated alkanes) is 1. The monoisotopic (exact) mass is 353 g/mol. The molecule has 0 aromatic heterocycles. The van der Waals surface area contributed by atoms with Crippen molar-refractivity contribution in [2.75, 3.05) is 6.54 Å². The van der Waals surface area contributed by atoms with E-state index in [0.717, 1.165) is 35.7 Å². The first-order valence-corrected chi connectivity index (χ1v) is 8.73. The van der Waals surface area contributed by atoms with Gasteiger partial charge in [-0.3, -0.25) is 4.79 Å². The van der Waals surface area contributed by atoms with E-state index < -0.39 is 0 Å². The molecule has 21 heavy (non-hydrogen) atoms. The fourth-order valence-corrected chi connectivity index (χ4v) is 3.47. The van der Waals surface area contributed by atoms with Crippen LogP contribution in [0, 0.1) is 0 Å². The van der Waals surface area contributed by atoms with Crippen LogP contribution in [-0.4, -0.2) is 17.6 Å². The molecule has 2 N–H and O–H groups in total. The highest BCUT2D eigenvalue weighted by atomic mass is 79.9. The Balaban J connectivity index is 2.21. The second-order valence-electron chi connectivity index (χ2n) is 5.84. The minimum Gasteiger partial charge on any atom is -0.507 e. The van der Waals surface area contributed by atoms with E-state index in [4.69, 9.17) is 0 Å². The van der Waals surface area contributed by atoms with Crippen molar-refractivity contribution < 1.29 is 9.90 Å². The van der Waals surface area contributed by atoms with Crippen molar-refractivity contribution in [2.45, 2.75) is 57.8 Å². The topological polar surface area (TPSA) is 49.3 Å². The maximum absolute atomic E-state index is 12.2. The lowest BCUT2D eigenvalue weighted by molar-refractivity contribution is 0.0950. The van der Waals surface area contributed by atoms with E-state index in [1.165, 1.54) is 19.3 Å². The van der Waals surface area contributed by atoms with Gasteiger partial charge in [0.1, 0.15) is 5.75 Å². The number of carbonyl (C=O) groups excluding carboxylic acids is 1. The van der Waals surface area contributed by atoms with Crippen LogP contribution in [0.25, 0.3) is 0 Å². The molecular formula is C17H24BrNO2. The zero-order valence-corrected chi connectivity index (χ0v) is 14.2. The fourth-order valence-electron chi connectivity index (χ4n) is 2.99. The molecule has 1 amide bonds. The number of amides is 1. The third kappa shape index (κ3) is 4.22. The summed E-state index contributed by atoms with van der Waals surface area (Å²) in [6, 6.07) is 3.68. The minimum absolute atomic E-state index is 0.166. The lowest BCUT2D eigenvalue weighted by atomic mass is 9.83. The fraction of sp³-hybridized carbons (Fsp3) is 0.588. The third-order valence-electron chi connectivity index (χ3n) is 4.21. The van der Waals surface area contributed by atoms with Crippen LogP contribution in [0.15, 0.2) is 16.6 Å². The number of rotatable bonds is 5. The summed E-state index contributed by atoms with van der Waals surface area (Å²) < 4.78 is 0.863. The number of hydrogen-bond acceptors (Lipinski definition) is 2. The van der Waals surface area contributed by atoms with Gasteiger partial charge >= 0.3 is 0 Å². The van der Waals surface area contributed by atoms with Crippen LogP contribution in [0.2, 0.25) is 0 Å². The van der Waals surface area contributed by atoms with E-state index >= 15 is 0 Å². The molecule has 1 saturated carbocycles. The highest BCUT2D eigenvalue weighted by Crippen LogP contribution is 2.40. The van der Waals surface area contributed by atoms with E-state index in [2.05, 4.69) is 28.2 Å². The van der Waals surface area contributed by atoms with Crippen molar-refractivity contribution in [3.8, 4) is 5.75 Å². The maximum Gasteiger partial charge on any atom is 0.255 e. The standard InChI is InChI=1S/C17H24BrNO2/c1-2-3-9-19-17(21)15-11-13(18)10-14(16(15)20)12-7-5-4-6-8-12/h10-12,20H,2-9H2,1H3,(H,19,21). The highest BCUT2D eigenvalue weighted by Gasteiger charge is 2.23. The normalized spacial score (nSPS) is 15.9. The van der Waals surface area contributed by atoms with Crippen molar-refractivity contribution in [1.29, 1.82) is 0 Å². The van der Waals surface area contributed by atoms with Crippen LogP contribution in [0.5, 0.6) is 5.75 Å². The van der Waals surface area contributed by atoms with Gasteiger partial charge in [-0.2, -0.15) is 0 Å². The summed E-state index contributed by atoms with van der Waals surface area (Å²) in [5.74, 6) is 0.358. The molecule has 1 fully saturated rings. The van der Waals surface area contributed by atoms with Gasteiger partial charge in [0.15, 0.2) is 0 Å². The van der Waals surface area contributed by atoms with Gasteiger partial charge in [-0.05, 0) is 42.9 Å². The average molecular weight is 354 g/mol. The summed E-state index contributed by atoms with van der Waals surface area (Å²) >= 11 is 3.47. The number of phenols is 1. The molecule has 0 aliphatic heterocycles. The molecule has 1 aliphatic carbocycles. The first kappa shape index (κ1) is 16.3. The molecular weight excluding hydrogens is 330 g/mol. The van der Waals surface area contributed by atoms with Gasteiger partial charge in [0.05, 0.1) is 5.56 Å². The second-order valence-corrected chi connectivity index (χ2v) is 6.75. The largest absolute Gasteiger partial charge is 0.507 e. The quantitative estimate of drug-likeness (QED) is 0.751. The van der Waals surface area contributed by atoms with Crippen molar-refractivity contribution in [3.63, 3.8) is 0 Å². The summed E-state index contributed by atoms with van der Waals surface area (Å²) in [5.41, 5.74) is 1.31. The number of carbonyl (C=O) groups is 1. The molecule has 0 unspecified atom stereocenters. The minimum atomic E-state index is -0.181. The Morgan fingerprint density at radius 3 is 2.71 bits per heavy atom. The van der Waals surface area contributed by atoms with Crippen LogP contribution in [-0.2, 0) is 0 Å². The molecule has 4 heteroatoms. The highest BCUT2D eigenvalue weighted by molar-refractivity contribution is 9.10. The van der Waals surface area contributed by atoms with Crippen molar-refractivity contribution in [1.82, 2.24) is 5.32 Å². The maximum atomic E-state index is 12.2. The van der Waals surface area contributed by atoms with Gasteiger partial charge in [-0.25, -0.2) is 0 Å². The Kier molecular flexibility index (Phi) is 6.09. The van der Waals surface area contributed by atoms with Gasteiger partial charge in [-0.15, -0.1) is 0 Å². The number of hydrogen-bond donors (Lipinski definition) is 2. The smallest absolute Gasteiger partial charge is 0.255 e. The molecule has 1 aromatic rings. The number of aromatic hydroxyl groups is 1. The molecule has 3 nitrogen and oxygen atoms in total. The van der Waals surface area contributed by atoms with Crippen LogP contribution >= 0.6 is 15.9 Å². The molecule has 2 rings (SSSR count). The van der Waals surface area contributed by atoms with E-state index in [1.54, 1.807) is 6.07 Å². The van der Waals surface area contributed by atoms with Gasteiger partial charge in [-0.1, -0.05) is 48.5 Å². The summed E-state index contributed by atoms with van der Waals surface area (Å²) in [4.78, 5) is 12.2. The van der Waals surface area contributed by atoms with Crippen LogP contribution in [0.3, 0.4) is 0 Å². The lowest BCUT2D eigenvalue weighted by Crippen LogP contribution is -2.24. The molecule has 1 aromatic carbocycles. The van der Waals surface area contributed by atoms with Crippen LogP contribution in [0.1, 0.15) is 73.7 Å². The molecule has 0 saturated heterocycles. The van der Waals surface area contributed by atoms with Gasteiger partial charge < -0.3 is 10.4 Å². The summed E-state index contributed by atoms with van der Waals surface area (Å²) in [5, 5.41) is 13.4. The molecule has 116 valence electrons. The Morgan fingerprint density at radius 2 is 2.05 bits per heavy atom. The molecule has 0 spiro atoms. The summed E-state index contributed by atoms with van der Waals surface area (Å²) in [7, 11) is 0. The third-order valence-corrected chi connectivity index (χ3v) is 4.67. The predicted molar refractivity (Wildman–Crippen MR) is 88.9 cm³/mol. The Labute approximate surface area is 135 Å². The van der Waals surface area contributed by atoms with E-state index in [1.807, 2.05) is 6.07 Å². The molecule has 0 atom stereocenters. The molecule has 0 radical (unpaired) electrons. The number of phenolic OH excluding ortho intramolecular Hbond substituents is 1. The molecule has 0 bridgehead atoms. The van der Waals surface area contributed by atoms with Crippen LogP contribution < -0.4 is 5.32 Å². The SMILES string of the molecule is CCCCNC(=O)c1cc(Br)cc(C2CCCCC2)c1O. The number of benzene rings is 1. The number of nitrogens with one attached hydrogen (secondary N) is 1. The molecule has 0 heterocycles. The second kappa shape index (κ2) is 7.83. The lowest BCUT2D eigenvalue weighted by Gasteiger charge is -2.24.